The lowest BCUT2D eigenvalue weighted by atomic mass is 10.1. The fourth-order valence-electron chi connectivity index (χ4n) is 1.67. The van der Waals surface area contributed by atoms with Gasteiger partial charge < -0.3 is 14.9 Å². The van der Waals surface area contributed by atoms with Crippen molar-refractivity contribution in [2.75, 3.05) is 13.1 Å². The Hall–Kier alpha value is -0.940. The molecule has 0 radical (unpaired) electrons. The lowest BCUT2D eigenvalue weighted by molar-refractivity contribution is 0.151. The van der Waals surface area contributed by atoms with Gasteiger partial charge in [-0.1, -0.05) is 5.16 Å². The Morgan fingerprint density at radius 1 is 1.71 bits per heavy atom. The van der Waals surface area contributed by atoms with Crippen molar-refractivity contribution in [1.82, 2.24) is 15.5 Å². The highest BCUT2D eigenvalue weighted by atomic mass is 16.5. The Labute approximate surface area is 82.5 Å². The molecule has 0 aromatic carbocycles. The fourth-order valence-corrected chi connectivity index (χ4v) is 1.67. The Morgan fingerprint density at radius 2 is 2.57 bits per heavy atom. The number of hydrogen-bond donors (Lipinski definition) is 2. The zero-order valence-electron chi connectivity index (χ0n) is 8.23. The van der Waals surface area contributed by atoms with Crippen molar-refractivity contribution in [3.63, 3.8) is 0 Å². The third-order valence-electron chi connectivity index (χ3n) is 2.47. The number of nitrogens with one attached hydrogen (secondary N) is 1. The first-order valence-electron chi connectivity index (χ1n) is 4.97. The van der Waals surface area contributed by atoms with E-state index in [-0.39, 0.29) is 0 Å². The van der Waals surface area contributed by atoms with Crippen molar-refractivity contribution in [1.29, 1.82) is 0 Å². The van der Waals surface area contributed by atoms with E-state index < -0.39 is 6.10 Å². The quantitative estimate of drug-likeness (QED) is 0.728. The largest absolute Gasteiger partial charge is 0.384 e. The molecular formula is C9H15N3O2. The minimum atomic E-state index is -0.669. The first-order valence-corrected chi connectivity index (χ1v) is 4.97. The van der Waals surface area contributed by atoms with Crippen molar-refractivity contribution in [3.05, 3.63) is 11.7 Å². The number of aromatic nitrogens is 2. The van der Waals surface area contributed by atoms with E-state index in [1.54, 1.807) is 6.92 Å². The van der Waals surface area contributed by atoms with E-state index in [2.05, 4.69) is 15.5 Å². The SMILES string of the molecule is CC(O)c1nc(CC2CCNC2)no1. The normalized spacial score (nSPS) is 24.0. The zero-order chi connectivity index (χ0) is 9.97. The number of rotatable bonds is 3. The fraction of sp³-hybridized carbons (Fsp3) is 0.778. The van der Waals surface area contributed by atoms with Crippen LogP contribution in [0.2, 0.25) is 0 Å². The summed E-state index contributed by atoms with van der Waals surface area (Å²) in [5.74, 6) is 1.62. The van der Waals surface area contributed by atoms with Gasteiger partial charge in [-0.05, 0) is 32.4 Å². The van der Waals surface area contributed by atoms with Crippen molar-refractivity contribution in [2.24, 2.45) is 5.92 Å². The average molecular weight is 197 g/mol. The highest BCUT2D eigenvalue weighted by Gasteiger charge is 2.18. The van der Waals surface area contributed by atoms with Crippen molar-refractivity contribution in [2.45, 2.75) is 25.9 Å². The molecule has 2 heterocycles. The number of nitrogens with zero attached hydrogens (tertiary/aromatic N) is 2. The smallest absolute Gasteiger partial charge is 0.255 e. The summed E-state index contributed by atoms with van der Waals surface area (Å²) in [6.45, 7) is 3.72. The molecule has 1 aromatic heterocycles. The molecule has 5 heteroatoms. The molecule has 0 aliphatic carbocycles. The highest BCUT2D eigenvalue weighted by Crippen LogP contribution is 2.15. The Balaban J connectivity index is 1.95. The van der Waals surface area contributed by atoms with Gasteiger partial charge in [0.1, 0.15) is 6.10 Å². The first-order chi connectivity index (χ1) is 6.75. The van der Waals surface area contributed by atoms with Crippen LogP contribution in [-0.2, 0) is 6.42 Å². The summed E-state index contributed by atoms with van der Waals surface area (Å²) < 4.78 is 4.90. The summed E-state index contributed by atoms with van der Waals surface area (Å²) in [4.78, 5) is 4.12. The predicted molar refractivity (Wildman–Crippen MR) is 49.6 cm³/mol. The number of aliphatic hydroxyl groups excluding tert-OH is 1. The molecule has 0 bridgehead atoms. The van der Waals surface area contributed by atoms with Crippen LogP contribution in [0, 0.1) is 5.92 Å². The molecule has 1 aliphatic rings. The van der Waals surface area contributed by atoms with Crippen molar-refractivity contribution in [3.8, 4) is 0 Å². The lowest BCUT2D eigenvalue weighted by Crippen LogP contribution is -2.11. The molecule has 0 saturated carbocycles. The molecule has 2 N–H and O–H groups in total. The molecule has 0 spiro atoms. The number of hydrogen-bond acceptors (Lipinski definition) is 5. The van der Waals surface area contributed by atoms with Crippen LogP contribution in [0.15, 0.2) is 4.52 Å². The van der Waals surface area contributed by atoms with Crippen LogP contribution in [0.3, 0.4) is 0 Å². The molecule has 2 atom stereocenters. The van der Waals surface area contributed by atoms with E-state index >= 15 is 0 Å². The summed E-state index contributed by atoms with van der Waals surface area (Å²) in [6, 6.07) is 0. The summed E-state index contributed by atoms with van der Waals surface area (Å²) in [7, 11) is 0. The molecule has 78 valence electrons. The van der Waals surface area contributed by atoms with E-state index in [0.29, 0.717) is 17.6 Å². The molecule has 14 heavy (non-hydrogen) atoms. The molecule has 1 aromatic rings. The van der Waals surface area contributed by atoms with Gasteiger partial charge in [0.2, 0.25) is 0 Å². The first kappa shape index (κ1) is 9.61. The maximum absolute atomic E-state index is 9.19. The Bertz CT molecular complexity index is 292. The second kappa shape index (κ2) is 4.06. The van der Waals surface area contributed by atoms with Gasteiger partial charge in [0.15, 0.2) is 5.82 Å². The van der Waals surface area contributed by atoms with E-state index in [4.69, 9.17) is 4.52 Å². The molecule has 2 unspecified atom stereocenters. The molecule has 1 saturated heterocycles. The summed E-state index contributed by atoms with van der Waals surface area (Å²) in [5.41, 5.74) is 0. The summed E-state index contributed by atoms with van der Waals surface area (Å²) in [5, 5.41) is 16.3. The van der Waals surface area contributed by atoms with Gasteiger partial charge in [0.05, 0.1) is 0 Å². The Morgan fingerprint density at radius 3 is 3.14 bits per heavy atom. The zero-order valence-corrected chi connectivity index (χ0v) is 8.23. The van der Waals surface area contributed by atoms with Gasteiger partial charge in [-0.25, -0.2) is 0 Å². The van der Waals surface area contributed by atoms with E-state index in [1.165, 1.54) is 6.42 Å². The van der Waals surface area contributed by atoms with Crippen LogP contribution >= 0.6 is 0 Å². The topological polar surface area (TPSA) is 71.2 Å². The van der Waals surface area contributed by atoms with Gasteiger partial charge in [-0.15, -0.1) is 0 Å². The predicted octanol–water partition coefficient (Wildman–Crippen LogP) is 0.275. The van der Waals surface area contributed by atoms with Crippen molar-refractivity contribution < 1.29 is 9.63 Å². The van der Waals surface area contributed by atoms with Crippen LogP contribution in [0.5, 0.6) is 0 Å². The van der Waals surface area contributed by atoms with E-state index in [9.17, 15) is 5.11 Å². The molecule has 2 rings (SSSR count). The van der Waals surface area contributed by atoms with Gasteiger partial charge in [-0.3, -0.25) is 0 Å². The standard InChI is InChI=1S/C9H15N3O2/c1-6(13)9-11-8(12-14-9)4-7-2-3-10-5-7/h6-7,10,13H,2-5H2,1H3. The minimum absolute atomic E-state index is 0.311. The Kier molecular flexibility index (Phi) is 2.79. The third kappa shape index (κ3) is 2.10. The van der Waals surface area contributed by atoms with Gasteiger partial charge in [0, 0.05) is 6.42 Å². The van der Waals surface area contributed by atoms with Gasteiger partial charge in [0.25, 0.3) is 5.89 Å². The molecule has 0 amide bonds. The van der Waals surface area contributed by atoms with Crippen LogP contribution < -0.4 is 5.32 Å². The van der Waals surface area contributed by atoms with E-state index in [1.807, 2.05) is 0 Å². The van der Waals surface area contributed by atoms with Crippen LogP contribution in [0.4, 0.5) is 0 Å². The van der Waals surface area contributed by atoms with Crippen LogP contribution in [-0.4, -0.2) is 28.3 Å². The number of aliphatic hydroxyl groups is 1. The molecule has 5 nitrogen and oxygen atoms in total. The van der Waals surface area contributed by atoms with Crippen molar-refractivity contribution >= 4 is 0 Å². The van der Waals surface area contributed by atoms with Gasteiger partial charge in [-0.2, -0.15) is 4.98 Å². The second-order valence-corrected chi connectivity index (χ2v) is 3.79. The average Bonchev–Trinajstić information content (AvgIpc) is 2.75. The van der Waals surface area contributed by atoms with Gasteiger partial charge >= 0.3 is 0 Å². The third-order valence-corrected chi connectivity index (χ3v) is 2.47. The molecule has 1 aliphatic heterocycles. The highest BCUT2D eigenvalue weighted by molar-refractivity contribution is 4.91. The van der Waals surface area contributed by atoms with Crippen LogP contribution in [0.25, 0.3) is 0 Å². The lowest BCUT2D eigenvalue weighted by Gasteiger charge is -2.02. The maximum Gasteiger partial charge on any atom is 0.255 e. The second-order valence-electron chi connectivity index (χ2n) is 3.79. The molecule has 1 fully saturated rings. The maximum atomic E-state index is 9.19. The van der Waals surface area contributed by atoms with E-state index in [0.717, 1.165) is 19.5 Å². The monoisotopic (exact) mass is 197 g/mol. The molecular weight excluding hydrogens is 182 g/mol. The minimum Gasteiger partial charge on any atom is -0.384 e. The summed E-state index contributed by atoms with van der Waals surface area (Å²) >= 11 is 0. The van der Waals surface area contributed by atoms with Crippen LogP contribution in [0.1, 0.15) is 31.2 Å². The summed E-state index contributed by atoms with van der Waals surface area (Å²) in [6.07, 6.45) is 1.33.